The molecular formula is C22H26N4O2S. The van der Waals surface area contributed by atoms with Crippen LogP contribution in [0.15, 0.2) is 59.6 Å². The molecule has 0 saturated carbocycles. The number of para-hydroxylation sites is 2. The van der Waals surface area contributed by atoms with E-state index in [0.717, 1.165) is 23.4 Å². The van der Waals surface area contributed by atoms with Crippen LogP contribution in [0.5, 0.6) is 0 Å². The quantitative estimate of drug-likeness (QED) is 0.763. The largest absolute Gasteiger partial charge is 0.394 e. The number of anilines is 1. The molecule has 6 nitrogen and oxygen atoms in total. The summed E-state index contributed by atoms with van der Waals surface area (Å²) in [5.41, 5.74) is 6.08. The highest BCUT2D eigenvalue weighted by Crippen LogP contribution is 2.51. The van der Waals surface area contributed by atoms with E-state index >= 15 is 0 Å². The maximum atomic E-state index is 13.6. The summed E-state index contributed by atoms with van der Waals surface area (Å²) in [4.78, 5) is 19.3. The molecule has 2 aromatic rings. The van der Waals surface area contributed by atoms with Gasteiger partial charge in [0.1, 0.15) is 0 Å². The molecule has 2 aliphatic heterocycles. The summed E-state index contributed by atoms with van der Waals surface area (Å²) >= 11 is 1.41. The summed E-state index contributed by atoms with van der Waals surface area (Å²) in [5.74, 6) is 0.530. The van der Waals surface area contributed by atoms with Crippen LogP contribution in [0.2, 0.25) is 0 Å². The van der Waals surface area contributed by atoms with Crippen molar-refractivity contribution in [3.63, 3.8) is 0 Å². The van der Waals surface area contributed by atoms with Gasteiger partial charge in [0, 0.05) is 12.1 Å². The first-order valence-electron chi connectivity index (χ1n) is 9.95. The van der Waals surface area contributed by atoms with E-state index in [1.807, 2.05) is 59.5 Å². The van der Waals surface area contributed by atoms with E-state index in [9.17, 15) is 9.90 Å². The van der Waals surface area contributed by atoms with Crippen LogP contribution >= 0.6 is 11.8 Å². The highest BCUT2D eigenvalue weighted by molar-refractivity contribution is 8.15. The van der Waals surface area contributed by atoms with Crippen molar-refractivity contribution in [2.24, 2.45) is 10.9 Å². The van der Waals surface area contributed by atoms with Gasteiger partial charge >= 0.3 is 0 Å². The Morgan fingerprint density at radius 1 is 1.10 bits per heavy atom. The molecule has 2 N–H and O–H groups in total. The molecule has 2 aliphatic rings. The molecule has 152 valence electrons. The Balaban J connectivity index is 1.73. The van der Waals surface area contributed by atoms with E-state index in [-0.39, 0.29) is 12.5 Å². The number of hydrogen-bond donors (Lipinski definition) is 2. The average molecular weight is 411 g/mol. The Kier molecular flexibility index (Phi) is 5.63. The number of fused-ring (bicyclic) bond motifs is 2. The van der Waals surface area contributed by atoms with E-state index < -0.39 is 4.87 Å². The molecule has 2 aromatic carbocycles. The molecule has 1 spiro atoms. The number of hydrazine groups is 1. The summed E-state index contributed by atoms with van der Waals surface area (Å²) in [6, 6.07) is 17.6. The lowest BCUT2D eigenvalue weighted by Crippen LogP contribution is -2.50. The lowest BCUT2D eigenvalue weighted by molar-refractivity contribution is -0.122. The van der Waals surface area contributed by atoms with Gasteiger partial charge in [0.2, 0.25) is 0 Å². The summed E-state index contributed by atoms with van der Waals surface area (Å²) in [5, 5.41) is 12.0. The molecule has 0 bridgehead atoms. The van der Waals surface area contributed by atoms with Crippen molar-refractivity contribution in [3.05, 3.63) is 60.2 Å². The second kappa shape index (κ2) is 8.18. The fraction of sp³-hybridized carbons (Fsp3) is 0.364. The Labute approximate surface area is 175 Å². The number of amides is 1. The van der Waals surface area contributed by atoms with Gasteiger partial charge in [0.05, 0.1) is 24.5 Å². The molecule has 0 aliphatic carbocycles. The number of nitrogens with one attached hydrogen (secondary N) is 1. The number of carbonyl (C=O) groups excluding carboxylic acids is 1. The first kappa shape index (κ1) is 19.9. The minimum Gasteiger partial charge on any atom is -0.394 e. The Hall–Kier alpha value is -2.35. The molecule has 1 saturated heterocycles. The van der Waals surface area contributed by atoms with Gasteiger partial charge in [-0.3, -0.25) is 9.80 Å². The third-order valence-corrected chi connectivity index (χ3v) is 6.41. The van der Waals surface area contributed by atoms with Crippen molar-refractivity contribution in [1.82, 2.24) is 10.4 Å². The first-order chi connectivity index (χ1) is 14.0. The lowest BCUT2D eigenvalue weighted by atomic mass is 10.1. The van der Waals surface area contributed by atoms with Gasteiger partial charge < -0.3 is 10.0 Å². The molecule has 1 fully saturated rings. The topological polar surface area (TPSA) is 68.2 Å². The molecule has 1 unspecified atom stereocenters. The van der Waals surface area contributed by atoms with Crippen molar-refractivity contribution in [1.29, 1.82) is 0 Å². The van der Waals surface area contributed by atoms with Gasteiger partial charge in [0.25, 0.3) is 5.91 Å². The van der Waals surface area contributed by atoms with Gasteiger partial charge in [-0.1, -0.05) is 50.2 Å². The monoisotopic (exact) mass is 410 g/mol. The van der Waals surface area contributed by atoms with E-state index in [1.165, 1.54) is 11.8 Å². The third-order valence-electron chi connectivity index (χ3n) is 5.12. The second-order valence-corrected chi connectivity index (χ2v) is 8.84. The Bertz CT molecular complexity index is 918. The molecule has 7 heteroatoms. The summed E-state index contributed by atoms with van der Waals surface area (Å²) in [6.07, 6.45) is 0.937. The molecule has 0 radical (unpaired) electrons. The predicted octanol–water partition coefficient (Wildman–Crippen LogP) is 3.47. The maximum absolute atomic E-state index is 13.6. The number of rotatable bonds is 6. The molecule has 2 heterocycles. The van der Waals surface area contributed by atoms with E-state index in [2.05, 4.69) is 19.3 Å². The van der Waals surface area contributed by atoms with E-state index in [4.69, 9.17) is 4.99 Å². The van der Waals surface area contributed by atoms with Gasteiger partial charge in [-0.2, -0.15) is 0 Å². The Morgan fingerprint density at radius 2 is 1.83 bits per heavy atom. The molecular weight excluding hydrogens is 384 g/mol. The van der Waals surface area contributed by atoms with E-state index in [0.29, 0.717) is 24.2 Å². The van der Waals surface area contributed by atoms with Crippen LogP contribution in [0.25, 0.3) is 0 Å². The van der Waals surface area contributed by atoms with Crippen LogP contribution in [0.1, 0.15) is 25.8 Å². The summed E-state index contributed by atoms with van der Waals surface area (Å²) in [7, 11) is 0. The van der Waals surface area contributed by atoms with Crippen LogP contribution in [0, 0.1) is 5.92 Å². The fourth-order valence-corrected chi connectivity index (χ4v) is 4.95. The zero-order valence-electron chi connectivity index (χ0n) is 16.7. The molecule has 0 aromatic heterocycles. The molecule has 1 amide bonds. The van der Waals surface area contributed by atoms with Crippen LogP contribution in [0.4, 0.5) is 11.4 Å². The van der Waals surface area contributed by atoms with Gasteiger partial charge in [-0.05, 0) is 42.3 Å². The minimum absolute atomic E-state index is 0.0190. The predicted molar refractivity (Wildman–Crippen MR) is 118 cm³/mol. The number of thioether (sulfide) groups is 1. The van der Waals surface area contributed by atoms with Crippen molar-refractivity contribution in [3.8, 4) is 0 Å². The van der Waals surface area contributed by atoms with Crippen molar-refractivity contribution in [2.75, 3.05) is 24.6 Å². The number of amidine groups is 1. The summed E-state index contributed by atoms with van der Waals surface area (Å²) in [6.45, 7) is 5.33. The van der Waals surface area contributed by atoms with Crippen LogP contribution in [-0.4, -0.2) is 40.9 Å². The molecule has 4 rings (SSSR count). The number of aliphatic hydroxyl groups is 1. The van der Waals surface area contributed by atoms with Gasteiger partial charge in [-0.25, -0.2) is 10.4 Å². The minimum atomic E-state index is -0.948. The highest BCUT2D eigenvalue weighted by Gasteiger charge is 2.57. The van der Waals surface area contributed by atoms with Gasteiger partial charge in [-0.15, -0.1) is 0 Å². The number of nitrogens with zero attached hydrogens (tertiary/aromatic N) is 3. The summed E-state index contributed by atoms with van der Waals surface area (Å²) < 4.78 is 0. The smallest absolute Gasteiger partial charge is 0.264 e. The number of carbonyl (C=O) groups is 1. The molecule has 1 atom stereocenters. The maximum Gasteiger partial charge on any atom is 0.264 e. The fourth-order valence-electron chi connectivity index (χ4n) is 3.64. The Morgan fingerprint density at radius 3 is 2.55 bits per heavy atom. The zero-order chi connectivity index (χ0) is 20.4. The number of hydrogen-bond acceptors (Lipinski definition) is 5. The lowest BCUT2D eigenvalue weighted by Gasteiger charge is -2.24. The SMILES string of the molecule is CC(C)CCN1C(=O)C2(NN(CCO)C(=Nc3ccccc3)S2)c2ccccc21. The normalized spacial score (nSPS) is 22.3. The van der Waals surface area contributed by atoms with Crippen LogP contribution in [-0.2, 0) is 9.67 Å². The number of β-amino-alcohol motifs (C(OH)–C–C–N with tert-alkyl or cyclic N) is 1. The number of benzene rings is 2. The zero-order valence-corrected chi connectivity index (χ0v) is 17.5. The number of aliphatic hydroxyl groups excluding tert-OH is 1. The van der Waals surface area contributed by atoms with Crippen molar-refractivity contribution in [2.45, 2.75) is 25.1 Å². The standard InChI is InChI=1S/C22H26N4O2S/c1-16(2)12-13-25-19-11-7-6-10-18(19)22(20(25)28)24-26(14-15-27)21(29-22)23-17-8-4-3-5-9-17/h3-11,16,24,27H,12-15H2,1-2H3. The third kappa shape index (κ3) is 3.66. The average Bonchev–Trinajstić information content (AvgIpc) is 3.18. The van der Waals surface area contributed by atoms with Gasteiger partial charge in [0.15, 0.2) is 10.0 Å². The van der Waals surface area contributed by atoms with Crippen LogP contribution < -0.4 is 10.3 Å². The van der Waals surface area contributed by atoms with Crippen LogP contribution in [0.3, 0.4) is 0 Å². The van der Waals surface area contributed by atoms with Crippen molar-refractivity contribution < 1.29 is 9.90 Å². The van der Waals surface area contributed by atoms with E-state index in [1.54, 1.807) is 5.01 Å². The number of aliphatic imine (C=N–C) groups is 1. The molecule has 29 heavy (non-hydrogen) atoms. The second-order valence-electron chi connectivity index (χ2n) is 7.66. The first-order valence-corrected chi connectivity index (χ1v) is 10.8. The van der Waals surface area contributed by atoms with Crippen molar-refractivity contribution >= 4 is 34.2 Å². The highest BCUT2D eigenvalue weighted by atomic mass is 32.2.